The molecule has 19 heavy (non-hydrogen) atoms. The van der Waals surface area contributed by atoms with Crippen molar-refractivity contribution in [1.29, 1.82) is 0 Å². The molecule has 3 nitrogen and oxygen atoms in total. The number of nitrogens with zero attached hydrogens (tertiary/aromatic N) is 1. The van der Waals surface area contributed by atoms with E-state index in [0.29, 0.717) is 11.6 Å². The van der Waals surface area contributed by atoms with Gasteiger partial charge < -0.3 is 9.84 Å². The molecule has 2 aromatic carbocycles. The second kappa shape index (κ2) is 5.08. The number of aromatic nitrogens is 1. The highest BCUT2D eigenvalue weighted by atomic mass is 16.5. The molecular formula is C16H13NO2. The summed E-state index contributed by atoms with van der Waals surface area (Å²) in [6.45, 7) is -0.0140. The van der Waals surface area contributed by atoms with E-state index in [0.717, 1.165) is 16.3 Å². The van der Waals surface area contributed by atoms with Crippen LogP contribution in [-0.2, 0) is 6.61 Å². The smallest absolute Gasteiger partial charge is 0.219 e. The predicted octanol–water partition coefficient (Wildman–Crippen LogP) is 3.52. The van der Waals surface area contributed by atoms with E-state index in [4.69, 9.17) is 4.74 Å². The summed E-state index contributed by atoms with van der Waals surface area (Å²) in [5.74, 6) is 1.23. The van der Waals surface area contributed by atoms with Crippen molar-refractivity contribution >= 4 is 10.8 Å². The third kappa shape index (κ3) is 2.41. The number of hydrogen-bond donors (Lipinski definition) is 1. The SMILES string of the molecule is OCc1cc(Oc2ccccn2)cc2ccccc12. The van der Waals surface area contributed by atoms with Crippen LogP contribution in [0.1, 0.15) is 5.56 Å². The standard InChI is InChI=1S/C16H13NO2/c18-11-13-10-14(19-16-7-3-4-8-17-16)9-12-5-1-2-6-15(12)13/h1-10,18H,11H2. The van der Waals surface area contributed by atoms with E-state index in [1.54, 1.807) is 12.3 Å². The number of hydrogen-bond acceptors (Lipinski definition) is 3. The molecule has 1 aromatic heterocycles. The molecule has 0 amide bonds. The van der Waals surface area contributed by atoms with Gasteiger partial charge in [-0.05, 0) is 34.5 Å². The maximum absolute atomic E-state index is 9.45. The van der Waals surface area contributed by atoms with Crippen LogP contribution in [0.2, 0.25) is 0 Å². The zero-order valence-corrected chi connectivity index (χ0v) is 10.3. The van der Waals surface area contributed by atoms with Crippen LogP contribution < -0.4 is 4.74 Å². The molecule has 1 N–H and O–H groups in total. The number of fused-ring (bicyclic) bond motifs is 1. The second-order valence-corrected chi connectivity index (χ2v) is 4.23. The molecule has 1 heterocycles. The second-order valence-electron chi connectivity index (χ2n) is 4.23. The molecule has 0 aliphatic rings. The molecule has 0 spiro atoms. The summed E-state index contributed by atoms with van der Waals surface area (Å²) in [6.07, 6.45) is 1.68. The van der Waals surface area contributed by atoms with E-state index in [2.05, 4.69) is 4.98 Å². The minimum absolute atomic E-state index is 0.0140. The fourth-order valence-corrected chi connectivity index (χ4v) is 2.08. The van der Waals surface area contributed by atoms with E-state index >= 15 is 0 Å². The average molecular weight is 251 g/mol. The first-order valence-electron chi connectivity index (χ1n) is 6.08. The lowest BCUT2D eigenvalue weighted by Gasteiger charge is -2.09. The van der Waals surface area contributed by atoms with Crippen molar-refractivity contribution < 1.29 is 9.84 Å². The van der Waals surface area contributed by atoms with Gasteiger partial charge in [0.05, 0.1) is 6.61 Å². The molecule has 0 radical (unpaired) electrons. The van der Waals surface area contributed by atoms with Gasteiger partial charge in [0.15, 0.2) is 0 Å². The Balaban J connectivity index is 2.05. The number of rotatable bonds is 3. The lowest BCUT2D eigenvalue weighted by molar-refractivity contribution is 0.283. The van der Waals surface area contributed by atoms with Crippen molar-refractivity contribution in [3.05, 3.63) is 66.4 Å². The van der Waals surface area contributed by atoms with Gasteiger partial charge in [-0.25, -0.2) is 4.98 Å². The van der Waals surface area contributed by atoms with Gasteiger partial charge in [-0.1, -0.05) is 30.3 Å². The number of benzene rings is 2. The normalized spacial score (nSPS) is 10.6. The Morgan fingerprint density at radius 2 is 1.84 bits per heavy atom. The first-order chi connectivity index (χ1) is 9.36. The van der Waals surface area contributed by atoms with E-state index in [1.807, 2.05) is 48.5 Å². The van der Waals surface area contributed by atoms with Crippen molar-refractivity contribution in [2.75, 3.05) is 0 Å². The third-order valence-corrected chi connectivity index (χ3v) is 2.95. The average Bonchev–Trinajstić information content (AvgIpc) is 2.47. The molecule has 0 bridgehead atoms. The molecule has 0 fully saturated rings. The maximum atomic E-state index is 9.45. The minimum atomic E-state index is -0.0140. The number of aliphatic hydroxyl groups excluding tert-OH is 1. The van der Waals surface area contributed by atoms with Gasteiger partial charge >= 0.3 is 0 Å². The van der Waals surface area contributed by atoms with Crippen molar-refractivity contribution in [2.45, 2.75) is 6.61 Å². The molecule has 0 saturated heterocycles. The maximum Gasteiger partial charge on any atom is 0.219 e. The van der Waals surface area contributed by atoms with Gasteiger partial charge in [0.2, 0.25) is 5.88 Å². The fourth-order valence-electron chi connectivity index (χ4n) is 2.08. The Bertz CT molecular complexity index is 695. The van der Waals surface area contributed by atoms with Crippen molar-refractivity contribution in [2.24, 2.45) is 0 Å². The Morgan fingerprint density at radius 3 is 2.63 bits per heavy atom. The molecule has 3 heteroatoms. The highest BCUT2D eigenvalue weighted by Crippen LogP contribution is 2.28. The lowest BCUT2D eigenvalue weighted by Crippen LogP contribution is -1.91. The van der Waals surface area contributed by atoms with Crippen LogP contribution in [-0.4, -0.2) is 10.1 Å². The summed E-state index contributed by atoms with van der Waals surface area (Å²) in [4.78, 5) is 4.12. The lowest BCUT2D eigenvalue weighted by atomic mass is 10.0. The Labute approximate surface area is 111 Å². The largest absolute Gasteiger partial charge is 0.439 e. The van der Waals surface area contributed by atoms with Gasteiger partial charge in [-0.3, -0.25) is 0 Å². The van der Waals surface area contributed by atoms with Crippen LogP contribution in [0.3, 0.4) is 0 Å². The summed E-state index contributed by atoms with van der Waals surface area (Å²) < 4.78 is 5.71. The molecule has 0 saturated carbocycles. The third-order valence-electron chi connectivity index (χ3n) is 2.95. The Morgan fingerprint density at radius 1 is 1.00 bits per heavy atom. The van der Waals surface area contributed by atoms with Crippen LogP contribution >= 0.6 is 0 Å². The van der Waals surface area contributed by atoms with Gasteiger partial charge in [-0.15, -0.1) is 0 Å². The number of aliphatic hydroxyl groups is 1. The monoisotopic (exact) mass is 251 g/mol. The summed E-state index contributed by atoms with van der Waals surface area (Å²) in [5.41, 5.74) is 0.851. The van der Waals surface area contributed by atoms with Crippen LogP contribution in [0, 0.1) is 0 Å². The molecular weight excluding hydrogens is 238 g/mol. The minimum Gasteiger partial charge on any atom is -0.439 e. The summed E-state index contributed by atoms with van der Waals surface area (Å²) in [5, 5.41) is 11.5. The van der Waals surface area contributed by atoms with Crippen molar-refractivity contribution in [3.8, 4) is 11.6 Å². The Hall–Kier alpha value is -2.39. The van der Waals surface area contributed by atoms with Crippen LogP contribution in [0.25, 0.3) is 10.8 Å². The van der Waals surface area contributed by atoms with Crippen LogP contribution in [0.5, 0.6) is 11.6 Å². The quantitative estimate of drug-likeness (QED) is 0.774. The zero-order valence-electron chi connectivity index (χ0n) is 10.3. The van der Waals surface area contributed by atoms with Crippen molar-refractivity contribution in [3.63, 3.8) is 0 Å². The van der Waals surface area contributed by atoms with Gasteiger partial charge in [-0.2, -0.15) is 0 Å². The molecule has 3 aromatic rings. The van der Waals surface area contributed by atoms with Gasteiger partial charge in [0, 0.05) is 12.3 Å². The van der Waals surface area contributed by atoms with Gasteiger partial charge in [0.1, 0.15) is 5.75 Å². The molecule has 94 valence electrons. The molecule has 3 rings (SSSR count). The first-order valence-corrected chi connectivity index (χ1v) is 6.08. The highest BCUT2D eigenvalue weighted by molar-refractivity contribution is 5.87. The van der Waals surface area contributed by atoms with E-state index in [1.165, 1.54) is 0 Å². The van der Waals surface area contributed by atoms with E-state index in [9.17, 15) is 5.11 Å². The first kappa shape index (κ1) is 11.7. The molecule has 0 unspecified atom stereocenters. The molecule has 0 atom stereocenters. The van der Waals surface area contributed by atoms with Gasteiger partial charge in [0.25, 0.3) is 0 Å². The number of ether oxygens (including phenoxy) is 1. The van der Waals surface area contributed by atoms with E-state index in [-0.39, 0.29) is 6.61 Å². The van der Waals surface area contributed by atoms with E-state index < -0.39 is 0 Å². The summed E-state index contributed by atoms with van der Waals surface area (Å²) in [6, 6.07) is 17.2. The summed E-state index contributed by atoms with van der Waals surface area (Å²) in [7, 11) is 0. The topological polar surface area (TPSA) is 42.4 Å². The zero-order chi connectivity index (χ0) is 13.1. The Kier molecular flexibility index (Phi) is 3.12. The fraction of sp³-hybridized carbons (Fsp3) is 0.0625. The molecule has 0 aliphatic heterocycles. The van der Waals surface area contributed by atoms with Crippen molar-refractivity contribution in [1.82, 2.24) is 4.98 Å². The molecule has 0 aliphatic carbocycles. The van der Waals surface area contributed by atoms with Crippen LogP contribution in [0.15, 0.2) is 60.8 Å². The summed E-state index contributed by atoms with van der Waals surface area (Å²) >= 11 is 0. The number of pyridine rings is 1. The highest BCUT2D eigenvalue weighted by Gasteiger charge is 2.05. The van der Waals surface area contributed by atoms with Crippen LogP contribution in [0.4, 0.5) is 0 Å². The predicted molar refractivity (Wildman–Crippen MR) is 74.2 cm³/mol.